The van der Waals surface area contributed by atoms with Gasteiger partial charge in [-0.15, -0.1) is 0 Å². The highest BCUT2D eigenvalue weighted by atomic mass is 15.1. The summed E-state index contributed by atoms with van der Waals surface area (Å²) in [6.07, 6.45) is 5.77. The fourth-order valence-corrected chi connectivity index (χ4v) is 13.0. The minimum Gasteiger partial charge on any atom is -0.310 e. The van der Waals surface area contributed by atoms with Gasteiger partial charge in [0.15, 0.2) is 0 Å². The third kappa shape index (κ3) is 5.77. The van der Waals surface area contributed by atoms with Crippen molar-refractivity contribution in [2.24, 2.45) is 11.8 Å². The van der Waals surface area contributed by atoms with Gasteiger partial charge < -0.3 is 4.90 Å². The number of hydrogen-bond donors (Lipinski definition) is 0. The summed E-state index contributed by atoms with van der Waals surface area (Å²) < 4.78 is 0. The third-order valence-electron chi connectivity index (χ3n) is 15.5. The second kappa shape index (κ2) is 15.0. The number of benzene rings is 9. The predicted octanol–water partition coefficient (Wildman–Crippen LogP) is 15.7. The van der Waals surface area contributed by atoms with E-state index in [2.05, 4.69) is 223 Å². The van der Waals surface area contributed by atoms with Crippen LogP contribution in [0.1, 0.15) is 68.8 Å². The molecule has 4 aliphatic rings. The van der Waals surface area contributed by atoms with Crippen molar-refractivity contribution in [2.45, 2.75) is 43.4 Å². The Hall–Kier alpha value is -7.22. The maximum Gasteiger partial charge on any atom is 0.0505 e. The Morgan fingerprint density at radius 3 is 1.62 bits per heavy atom. The van der Waals surface area contributed by atoms with Crippen LogP contribution in [0.15, 0.2) is 218 Å². The molecule has 0 bridgehead atoms. The molecule has 0 saturated heterocycles. The van der Waals surface area contributed by atoms with Crippen molar-refractivity contribution in [3.63, 3.8) is 0 Å². The Labute approximate surface area is 377 Å². The number of fused-ring (bicyclic) bond motifs is 5. The maximum absolute atomic E-state index is 2.61. The summed E-state index contributed by atoms with van der Waals surface area (Å²) in [5, 5.41) is 0. The zero-order chi connectivity index (χ0) is 42.2. The van der Waals surface area contributed by atoms with Crippen molar-refractivity contribution in [3.05, 3.63) is 268 Å². The minimum atomic E-state index is -0.0781. The molecule has 0 radical (unpaired) electrons. The molecule has 9 aromatic carbocycles. The van der Waals surface area contributed by atoms with Crippen molar-refractivity contribution in [1.82, 2.24) is 0 Å². The van der Waals surface area contributed by atoms with Gasteiger partial charge in [-0.3, -0.25) is 0 Å². The van der Waals surface area contributed by atoms with Crippen LogP contribution in [0, 0.1) is 11.8 Å². The van der Waals surface area contributed by atoms with Crippen molar-refractivity contribution >= 4 is 17.1 Å². The smallest absolute Gasteiger partial charge is 0.0505 e. The first-order valence-electron chi connectivity index (χ1n) is 23.3. The molecule has 64 heavy (non-hydrogen) atoms. The van der Waals surface area contributed by atoms with Crippen LogP contribution in [-0.2, 0) is 24.7 Å². The van der Waals surface area contributed by atoms with E-state index in [1.807, 2.05) is 0 Å². The van der Waals surface area contributed by atoms with Gasteiger partial charge in [0.25, 0.3) is 0 Å². The Morgan fingerprint density at radius 1 is 0.391 bits per heavy atom. The second-order valence-corrected chi connectivity index (χ2v) is 18.7. The molecule has 9 aromatic rings. The van der Waals surface area contributed by atoms with Gasteiger partial charge in [0.2, 0.25) is 0 Å². The van der Waals surface area contributed by atoms with E-state index in [0.29, 0.717) is 11.8 Å². The van der Waals surface area contributed by atoms with Gasteiger partial charge in [0.05, 0.1) is 5.69 Å². The number of hydrogen-bond acceptors (Lipinski definition) is 1. The summed E-state index contributed by atoms with van der Waals surface area (Å²) in [4.78, 5) is 2.61. The average Bonchev–Trinajstić information content (AvgIpc) is 4.10. The normalized spacial score (nSPS) is 18.9. The standard InChI is InChI=1S/C63H49N/c1-4-14-42(15-5-1)43-26-28-44(29-27-43)45-30-32-47(33-31-45)60(46-16-6-2-7-17-46)58-24-12-19-49-39-52-34-35-53-40-50-20-13-25-59(62(50)63(52,53)61(49)58)64(54-21-8-3-9-22-54)55-36-37-57-51(41-55)38-48-18-10-11-23-56(48)57/h1-33,36-37,41,52-53,60H,34-35,38-40H2. The summed E-state index contributed by atoms with van der Waals surface area (Å²) in [6, 6.07) is 82.5. The first-order chi connectivity index (χ1) is 31.7. The Bertz CT molecular complexity index is 3180. The van der Waals surface area contributed by atoms with E-state index in [-0.39, 0.29) is 11.3 Å². The van der Waals surface area contributed by atoms with E-state index in [1.165, 1.54) is 96.7 Å². The summed E-state index contributed by atoms with van der Waals surface area (Å²) >= 11 is 0. The molecule has 1 nitrogen and oxygen atoms in total. The molecule has 0 N–H and O–H groups in total. The number of nitrogens with zero attached hydrogens (tertiary/aromatic N) is 1. The first-order valence-corrected chi connectivity index (χ1v) is 23.3. The van der Waals surface area contributed by atoms with Gasteiger partial charge in [0.1, 0.15) is 0 Å². The van der Waals surface area contributed by atoms with E-state index in [1.54, 1.807) is 16.7 Å². The molecule has 0 aromatic heterocycles. The van der Waals surface area contributed by atoms with Crippen LogP contribution in [-0.4, -0.2) is 0 Å². The van der Waals surface area contributed by atoms with Crippen LogP contribution in [0.3, 0.4) is 0 Å². The maximum atomic E-state index is 2.61. The van der Waals surface area contributed by atoms with Crippen LogP contribution in [0.4, 0.5) is 17.1 Å². The van der Waals surface area contributed by atoms with Crippen molar-refractivity contribution in [1.29, 1.82) is 0 Å². The molecular weight excluding hydrogens is 771 g/mol. The highest BCUT2D eigenvalue weighted by molar-refractivity contribution is 5.86. The molecular formula is C63H49N. The van der Waals surface area contributed by atoms with Gasteiger partial charge in [-0.2, -0.15) is 0 Å². The van der Waals surface area contributed by atoms with E-state index >= 15 is 0 Å². The lowest BCUT2D eigenvalue weighted by atomic mass is 9.66. The van der Waals surface area contributed by atoms with Gasteiger partial charge in [-0.25, -0.2) is 0 Å². The fraction of sp³-hybridized carbons (Fsp3) is 0.143. The fourth-order valence-electron chi connectivity index (χ4n) is 13.0. The SMILES string of the molecule is c1ccc(-c2ccc(-c3ccc(C(c4ccccc4)c4cccc5c4C46c7c(cccc7N(c7ccccc7)c7ccc8c(c7)Cc7ccccc7-8)CC4CCC6C5)cc3)cc2)cc1. The van der Waals surface area contributed by atoms with Crippen LogP contribution in [0.5, 0.6) is 0 Å². The van der Waals surface area contributed by atoms with Crippen LogP contribution in [0.25, 0.3) is 33.4 Å². The largest absolute Gasteiger partial charge is 0.310 e. The lowest BCUT2D eigenvalue weighted by molar-refractivity contribution is 0.347. The second-order valence-electron chi connectivity index (χ2n) is 18.7. The zero-order valence-corrected chi connectivity index (χ0v) is 36.0. The molecule has 1 saturated carbocycles. The number of rotatable bonds is 8. The summed E-state index contributed by atoms with van der Waals surface area (Å²) in [5.74, 6) is 1.21. The van der Waals surface area contributed by atoms with Crippen molar-refractivity contribution < 1.29 is 0 Å². The van der Waals surface area contributed by atoms with Crippen molar-refractivity contribution in [2.75, 3.05) is 4.90 Å². The Balaban J connectivity index is 0.961. The molecule has 0 amide bonds. The summed E-state index contributed by atoms with van der Waals surface area (Å²) in [5.41, 5.74) is 24.7. The van der Waals surface area contributed by atoms with E-state index in [0.717, 1.165) is 19.3 Å². The van der Waals surface area contributed by atoms with Crippen molar-refractivity contribution in [3.8, 4) is 33.4 Å². The monoisotopic (exact) mass is 819 g/mol. The van der Waals surface area contributed by atoms with Gasteiger partial charge in [0, 0.05) is 22.7 Å². The summed E-state index contributed by atoms with van der Waals surface area (Å²) in [7, 11) is 0. The molecule has 4 aliphatic carbocycles. The highest BCUT2D eigenvalue weighted by Crippen LogP contribution is 2.68. The molecule has 4 unspecified atom stereocenters. The molecule has 1 spiro atoms. The summed E-state index contributed by atoms with van der Waals surface area (Å²) in [6.45, 7) is 0. The van der Waals surface area contributed by atoms with Gasteiger partial charge in [-0.05, 0) is 158 Å². The van der Waals surface area contributed by atoms with E-state index < -0.39 is 0 Å². The predicted molar refractivity (Wildman–Crippen MR) is 265 cm³/mol. The zero-order valence-electron chi connectivity index (χ0n) is 36.0. The van der Waals surface area contributed by atoms with Gasteiger partial charge >= 0.3 is 0 Å². The molecule has 4 atom stereocenters. The topological polar surface area (TPSA) is 3.24 Å². The van der Waals surface area contributed by atoms with Crippen LogP contribution < -0.4 is 4.90 Å². The molecule has 1 fully saturated rings. The number of para-hydroxylation sites is 1. The molecule has 0 heterocycles. The first kappa shape index (κ1) is 37.3. The number of anilines is 3. The Kier molecular flexibility index (Phi) is 8.73. The Morgan fingerprint density at radius 2 is 0.922 bits per heavy atom. The molecule has 1 heteroatoms. The third-order valence-corrected chi connectivity index (χ3v) is 15.5. The quantitative estimate of drug-likeness (QED) is 0.138. The van der Waals surface area contributed by atoms with Crippen LogP contribution >= 0.6 is 0 Å². The average molecular weight is 820 g/mol. The van der Waals surface area contributed by atoms with E-state index in [4.69, 9.17) is 0 Å². The molecule has 13 rings (SSSR count). The van der Waals surface area contributed by atoms with Crippen LogP contribution in [0.2, 0.25) is 0 Å². The molecule has 0 aliphatic heterocycles. The van der Waals surface area contributed by atoms with E-state index in [9.17, 15) is 0 Å². The van der Waals surface area contributed by atoms with Gasteiger partial charge in [-0.1, -0.05) is 188 Å². The highest BCUT2D eigenvalue weighted by Gasteiger charge is 2.62. The lowest BCUT2D eigenvalue weighted by Gasteiger charge is -2.39. The molecule has 306 valence electrons. The lowest BCUT2D eigenvalue weighted by Crippen LogP contribution is -2.34. The minimum absolute atomic E-state index is 0.0781.